The van der Waals surface area contributed by atoms with Crippen molar-refractivity contribution in [2.75, 3.05) is 18.4 Å². The van der Waals surface area contributed by atoms with E-state index >= 15 is 0 Å². The molecule has 11 heteroatoms. The molecule has 0 aliphatic carbocycles. The van der Waals surface area contributed by atoms with Gasteiger partial charge in [0.2, 0.25) is 11.9 Å². The van der Waals surface area contributed by atoms with Crippen molar-refractivity contribution in [3.8, 4) is 0 Å². The number of amides is 1. The number of rotatable bonds is 2. The molecule has 0 radical (unpaired) electrons. The summed E-state index contributed by atoms with van der Waals surface area (Å²) in [6, 6.07) is 0. The second-order valence-corrected chi connectivity index (χ2v) is 3.85. The van der Waals surface area contributed by atoms with E-state index in [1.807, 2.05) is 0 Å². The van der Waals surface area contributed by atoms with E-state index in [1.165, 1.54) is 11.0 Å². The Balaban J connectivity index is 0.000000246. The highest BCUT2D eigenvalue weighted by molar-refractivity contribution is 5.91. The number of aromatic nitrogens is 3. The van der Waals surface area contributed by atoms with Crippen molar-refractivity contribution in [2.45, 2.75) is 6.18 Å². The molecule has 1 fully saturated rings. The van der Waals surface area contributed by atoms with Gasteiger partial charge in [0.25, 0.3) is 0 Å². The fourth-order valence-electron chi connectivity index (χ4n) is 1.10. The first-order valence-electron chi connectivity index (χ1n) is 5.37. The Labute approximate surface area is 111 Å². The topological polar surface area (TPSA) is 109 Å². The minimum absolute atomic E-state index is 0.00912. The normalized spacial score (nSPS) is 14.8. The molecule has 2 heterocycles. The summed E-state index contributed by atoms with van der Waals surface area (Å²) in [5.41, 5.74) is 0. The van der Waals surface area contributed by atoms with E-state index < -0.39 is 12.1 Å². The number of aliphatic carboxylic acids is 1. The summed E-state index contributed by atoms with van der Waals surface area (Å²) in [6.45, 7) is 1.51. The molecular formula is C9H12F3N5O3. The Morgan fingerprint density at radius 1 is 1.50 bits per heavy atom. The Bertz CT molecular complexity index is 483. The average Bonchev–Trinajstić information content (AvgIpc) is 2.61. The van der Waals surface area contributed by atoms with E-state index in [-0.39, 0.29) is 11.8 Å². The second kappa shape index (κ2) is 6.32. The number of hydrogen-bond acceptors (Lipinski definition) is 5. The number of carbonyl (C=O) groups is 2. The van der Waals surface area contributed by atoms with Crippen LogP contribution in [0.15, 0.2) is 6.33 Å². The van der Waals surface area contributed by atoms with Crippen molar-refractivity contribution in [3.05, 3.63) is 6.33 Å². The summed E-state index contributed by atoms with van der Waals surface area (Å²) in [7, 11) is 1.74. The van der Waals surface area contributed by atoms with Crippen molar-refractivity contribution in [3.63, 3.8) is 0 Å². The van der Waals surface area contributed by atoms with E-state index in [2.05, 4.69) is 20.7 Å². The zero-order valence-electron chi connectivity index (χ0n) is 10.3. The molecule has 0 atom stereocenters. The lowest BCUT2D eigenvalue weighted by atomic mass is 10.0. The number of carboxylic acids is 1. The van der Waals surface area contributed by atoms with Gasteiger partial charge >= 0.3 is 12.1 Å². The van der Waals surface area contributed by atoms with E-state index in [9.17, 15) is 18.0 Å². The number of carbonyl (C=O) groups excluding carboxylic acids is 1. The van der Waals surface area contributed by atoms with E-state index in [0.29, 0.717) is 5.95 Å². The number of alkyl halides is 3. The van der Waals surface area contributed by atoms with Crippen molar-refractivity contribution >= 4 is 17.8 Å². The number of nitrogens with one attached hydrogen (secondary N) is 2. The van der Waals surface area contributed by atoms with Gasteiger partial charge in [0, 0.05) is 20.1 Å². The standard InChI is InChI=1S/C7H11N5O.C2HF3O2/c1-12-7(9-4-10-12)11-6(13)5-2-8-3-5;3-2(4,5)1(6)7/h4-5,8H,2-3H2,1H3,(H,9,10,11,13);(H,6,7). The molecule has 3 N–H and O–H groups in total. The molecule has 1 aromatic rings. The maximum absolute atomic E-state index is 11.4. The molecule has 1 aromatic heterocycles. The number of aryl methyl sites for hydroxylation is 1. The minimum atomic E-state index is -5.08. The predicted octanol–water partition coefficient (Wildman–Crippen LogP) is -0.394. The maximum Gasteiger partial charge on any atom is 0.490 e. The molecule has 1 aliphatic heterocycles. The van der Waals surface area contributed by atoms with Crippen LogP contribution >= 0.6 is 0 Å². The van der Waals surface area contributed by atoms with Gasteiger partial charge in [-0.2, -0.15) is 23.3 Å². The first kappa shape index (κ1) is 15.9. The summed E-state index contributed by atoms with van der Waals surface area (Å²) in [4.78, 5) is 24.2. The average molecular weight is 295 g/mol. The molecule has 8 nitrogen and oxygen atoms in total. The number of hydrogen-bond donors (Lipinski definition) is 3. The Kier molecular flexibility index (Phi) is 5.02. The van der Waals surface area contributed by atoms with Gasteiger partial charge < -0.3 is 10.4 Å². The fourth-order valence-corrected chi connectivity index (χ4v) is 1.10. The lowest BCUT2D eigenvalue weighted by Gasteiger charge is -2.25. The van der Waals surface area contributed by atoms with Crippen LogP contribution in [0.25, 0.3) is 0 Å². The zero-order valence-corrected chi connectivity index (χ0v) is 10.3. The van der Waals surface area contributed by atoms with Crippen LogP contribution in [0.1, 0.15) is 0 Å². The van der Waals surface area contributed by atoms with Gasteiger partial charge in [0.15, 0.2) is 0 Å². The van der Waals surface area contributed by atoms with Crippen molar-refractivity contribution in [1.29, 1.82) is 0 Å². The summed E-state index contributed by atoms with van der Waals surface area (Å²) < 4.78 is 33.3. The number of anilines is 1. The monoisotopic (exact) mass is 295 g/mol. The lowest BCUT2D eigenvalue weighted by Crippen LogP contribution is -2.48. The van der Waals surface area contributed by atoms with Crippen molar-refractivity contribution in [2.24, 2.45) is 13.0 Å². The van der Waals surface area contributed by atoms with Crippen molar-refractivity contribution in [1.82, 2.24) is 20.1 Å². The van der Waals surface area contributed by atoms with Crippen molar-refractivity contribution < 1.29 is 27.9 Å². The van der Waals surface area contributed by atoms with Crippen LogP contribution in [0.2, 0.25) is 0 Å². The smallest absolute Gasteiger partial charge is 0.475 e. The molecule has 0 unspecified atom stereocenters. The Morgan fingerprint density at radius 2 is 2.05 bits per heavy atom. The number of halogens is 3. The van der Waals surface area contributed by atoms with Gasteiger partial charge in [-0.15, -0.1) is 0 Å². The van der Waals surface area contributed by atoms with Crippen LogP contribution in [0.4, 0.5) is 19.1 Å². The van der Waals surface area contributed by atoms with Gasteiger partial charge in [-0.25, -0.2) is 9.48 Å². The summed E-state index contributed by atoms with van der Waals surface area (Å²) >= 11 is 0. The quantitative estimate of drug-likeness (QED) is 0.685. The summed E-state index contributed by atoms with van der Waals surface area (Å²) in [5.74, 6) is -2.17. The highest BCUT2D eigenvalue weighted by Gasteiger charge is 2.38. The van der Waals surface area contributed by atoms with Gasteiger partial charge in [-0.3, -0.25) is 10.1 Å². The predicted molar refractivity (Wildman–Crippen MR) is 59.7 cm³/mol. The van der Waals surface area contributed by atoms with E-state index in [0.717, 1.165) is 13.1 Å². The van der Waals surface area contributed by atoms with Gasteiger partial charge in [-0.1, -0.05) is 0 Å². The van der Waals surface area contributed by atoms with Crippen LogP contribution < -0.4 is 10.6 Å². The Hall–Kier alpha value is -2.17. The molecular weight excluding hydrogens is 283 g/mol. The zero-order chi connectivity index (χ0) is 15.3. The van der Waals surface area contributed by atoms with Crippen LogP contribution in [0.3, 0.4) is 0 Å². The molecule has 0 saturated carbocycles. The fraction of sp³-hybridized carbons (Fsp3) is 0.556. The SMILES string of the molecule is Cn1ncnc1NC(=O)C1CNC1.O=C(O)C(F)(F)F. The second-order valence-electron chi connectivity index (χ2n) is 3.85. The third kappa shape index (κ3) is 4.50. The molecule has 0 aromatic carbocycles. The number of nitrogens with zero attached hydrogens (tertiary/aromatic N) is 3. The third-order valence-corrected chi connectivity index (χ3v) is 2.34. The van der Waals surface area contributed by atoms with Crippen LogP contribution in [-0.2, 0) is 16.6 Å². The van der Waals surface area contributed by atoms with Crippen LogP contribution in [-0.4, -0.2) is 51.0 Å². The molecule has 0 bridgehead atoms. The molecule has 20 heavy (non-hydrogen) atoms. The summed E-state index contributed by atoms with van der Waals surface area (Å²) in [5, 5.41) is 16.7. The molecule has 0 spiro atoms. The van der Waals surface area contributed by atoms with E-state index in [4.69, 9.17) is 9.90 Å². The highest BCUT2D eigenvalue weighted by atomic mass is 19.4. The molecule has 2 rings (SSSR count). The third-order valence-electron chi connectivity index (χ3n) is 2.34. The van der Waals surface area contributed by atoms with Crippen LogP contribution in [0.5, 0.6) is 0 Å². The number of carboxylic acid groups (broad SMARTS) is 1. The van der Waals surface area contributed by atoms with Gasteiger partial charge in [-0.05, 0) is 0 Å². The molecule has 112 valence electrons. The van der Waals surface area contributed by atoms with Gasteiger partial charge in [0.1, 0.15) is 6.33 Å². The summed E-state index contributed by atoms with van der Waals surface area (Å²) in [6.07, 6.45) is -3.67. The largest absolute Gasteiger partial charge is 0.490 e. The molecule has 1 aliphatic rings. The highest BCUT2D eigenvalue weighted by Crippen LogP contribution is 2.13. The maximum atomic E-state index is 11.4. The molecule has 1 saturated heterocycles. The Morgan fingerprint density at radius 3 is 2.35 bits per heavy atom. The first-order valence-corrected chi connectivity index (χ1v) is 5.37. The molecule has 1 amide bonds. The van der Waals surface area contributed by atoms with Gasteiger partial charge in [0.05, 0.1) is 5.92 Å². The first-order chi connectivity index (χ1) is 9.21. The minimum Gasteiger partial charge on any atom is -0.475 e. The van der Waals surface area contributed by atoms with Crippen LogP contribution in [0, 0.1) is 5.92 Å². The lowest BCUT2D eigenvalue weighted by molar-refractivity contribution is -0.192. The van der Waals surface area contributed by atoms with E-state index in [1.54, 1.807) is 7.05 Å².